The zero-order valence-corrected chi connectivity index (χ0v) is 26.0. The third-order valence-electron chi connectivity index (χ3n) is 9.49. The van der Waals surface area contributed by atoms with Gasteiger partial charge in [-0.05, 0) is 68.7 Å². The summed E-state index contributed by atoms with van der Waals surface area (Å²) < 4.78 is 1.89. The number of nitrogens with one attached hydrogen (secondary N) is 5. The topological polar surface area (TPSA) is 182 Å². The van der Waals surface area contributed by atoms with E-state index in [1.807, 2.05) is 35.8 Å². The van der Waals surface area contributed by atoms with Crippen LogP contribution >= 0.6 is 0 Å². The molecular weight excluding hydrogens is 582 g/mol. The summed E-state index contributed by atoms with van der Waals surface area (Å²) >= 11 is 0. The second-order valence-electron chi connectivity index (χ2n) is 12.3. The number of anilines is 4. The number of piperidine rings is 1. The Morgan fingerprint density at radius 1 is 1.02 bits per heavy atom. The van der Waals surface area contributed by atoms with Crippen molar-refractivity contribution in [3.63, 3.8) is 0 Å². The summed E-state index contributed by atoms with van der Waals surface area (Å²) in [4.78, 5) is 27.1. The fourth-order valence-corrected chi connectivity index (χ4v) is 7.27. The Bertz CT molecular complexity index is 1930. The molecule has 2 aliphatic heterocycles. The average Bonchev–Trinajstić information content (AvgIpc) is 3.65. The second kappa shape index (κ2) is 12.3. The number of benzene rings is 1. The summed E-state index contributed by atoms with van der Waals surface area (Å²) in [5, 5.41) is 35.8. The molecule has 7 rings (SSSR count). The lowest BCUT2D eigenvalue weighted by Gasteiger charge is -2.47. The first-order chi connectivity index (χ1) is 22.4. The number of fused-ring (bicyclic) bond motifs is 5. The van der Waals surface area contributed by atoms with Crippen LogP contribution < -0.4 is 26.9 Å². The molecule has 0 spiro atoms. The summed E-state index contributed by atoms with van der Waals surface area (Å²) in [6.07, 6.45) is 12.2. The van der Waals surface area contributed by atoms with Gasteiger partial charge in [0, 0.05) is 25.0 Å². The zero-order chi connectivity index (χ0) is 31.8. The smallest absolute Gasteiger partial charge is 0.323 e. The Labute approximate surface area is 266 Å². The number of imidazole rings is 1. The van der Waals surface area contributed by atoms with Gasteiger partial charge in [-0.25, -0.2) is 19.5 Å². The minimum atomic E-state index is -0.283. The third-order valence-corrected chi connectivity index (χ3v) is 9.49. The van der Waals surface area contributed by atoms with Crippen molar-refractivity contribution in [3.8, 4) is 12.1 Å². The minimum absolute atomic E-state index is 0.166. The van der Waals surface area contributed by atoms with E-state index in [4.69, 9.17) is 9.98 Å². The quantitative estimate of drug-likeness (QED) is 0.212. The molecule has 1 aromatic carbocycles. The highest BCUT2D eigenvalue weighted by molar-refractivity contribution is 5.83. The van der Waals surface area contributed by atoms with Crippen molar-refractivity contribution in [2.75, 3.05) is 29.2 Å². The Morgan fingerprint density at radius 3 is 2.65 bits per heavy atom. The number of hydrogen-bond donors (Lipinski definition) is 5. The molecule has 2 unspecified atom stereocenters. The molecule has 5 heterocycles. The van der Waals surface area contributed by atoms with E-state index in [1.165, 1.54) is 32.1 Å². The molecule has 5 N–H and O–H groups in total. The number of rotatable bonds is 3. The number of hydrogen-bond acceptors (Lipinski definition) is 11. The Balaban J connectivity index is 1.32. The lowest BCUT2D eigenvalue weighted by molar-refractivity contribution is -0.0466. The fourth-order valence-electron chi connectivity index (χ4n) is 7.27. The molecule has 1 saturated carbocycles. The van der Waals surface area contributed by atoms with Gasteiger partial charge in [0.05, 0.1) is 35.0 Å². The molecule has 14 nitrogen and oxygen atoms in total. The van der Waals surface area contributed by atoms with Gasteiger partial charge < -0.3 is 20.6 Å². The van der Waals surface area contributed by atoms with Gasteiger partial charge in [0.1, 0.15) is 23.9 Å². The first kappa shape index (κ1) is 29.5. The van der Waals surface area contributed by atoms with Crippen LogP contribution in [0.1, 0.15) is 74.2 Å². The van der Waals surface area contributed by atoms with Crippen molar-refractivity contribution in [2.24, 2.45) is 10.9 Å². The first-order valence-electron chi connectivity index (χ1n) is 15.9. The van der Waals surface area contributed by atoms with Crippen LogP contribution in [0.15, 0.2) is 34.2 Å². The Kier molecular flexibility index (Phi) is 7.90. The number of aromatic amines is 2. The first-order valence-corrected chi connectivity index (χ1v) is 15.9. The maximum atomic E-state index is 11.8. The predicted octanol–water partition coefficient (Wildman–Crippen LogP) is 4.86. The van der Waals surface area contributed by atoms with Crippen molar-refractivity contribution in [1.82, 2.24) is 35.3 Å². The monoisotopic (exact) mass is 619 g/mol. The van der Waals surface area contributed by atoms with Crippen LogP contribution in [-0.2, 0) is 0 Å². The highest BCUT2D eigenvalue weighted by atomic mass is 16.1. The largest absolute Gasteiger partial charge is 0.377 e. The van der Waals surface area contributed by atoms with Gasteiger partial charge in [0.2, 0.25) is 0 Å². The van der Waals surface area contributed by atoms with Crippen molar-refractivity contribution < 1.29 is 0 Å². The van der Waals surface area contributed by atoms with Crippen LogP contribution in [-0.4, -0.2) is 55.6 Å². The van der Waals surface area contributed by atoms with Gasteiger partial charge in [0.15, 0.2) is 17.5 Å². The Morgan fingerprint density at radius 2 is 1.85 bits per heavy atom. The van der Waals surface area contributed by atoms with Crippen molar-refractivity contribution >= 4 is 46.1 Å². The highest BCUT2D eigenvalue weighted by Gasteiger charge is 2.39. The van der Waals surface area contributed by atoms with Gasteiger partial charge in [-0.3, -0.25) is 5.01 Å². The summed E-state index contributed by atoms with van der Waals surface area (Å²) in [5.74, 6) is 2.08. The number of aliphatic imine (C=N–C) groups is 1. The molecule has 3 aliphatic rings. The maximum Gasteiger partial charge on any atom is 0.323 e. The standard InChI is InChI=1S/C32H37N13O/c1-19-23(17-34)29(38-22-11-12-24-25(15-22)40-32(46)39-24)41-31-28(19)35-13-14-36-30-21(16-33)18-37-45(30)27-10-6-9-26(44(27)42-43(31)2)20-7-4-3-5-8-20/h11-12,14-15,18,20,26-27,35,42H,3-10,13H2,1-2H3,(H,38,41)(H2,39,40,46). The molecule has 1 aliphatic carbocycles. The van der Waals surface area contributed by atoms with Gasteiger partial charge in [-0.15, -0.1) is 0 Å². The molecule has 0 radical (unpaired) electrons. The van der Waals surface area contributed by atoms with E-state index in [0.717, 1.165) is 24.8 Å². The molecule has 14 heteroatoms. The average molecular weight is 620 g/mol. The molecular formula is C32H37N13O. The van der Waals surface area contributed by atoms with Gasteiger partial charge >= 0.3 is 5.69 Å². The molecule has 2 fully saturated rings. The second-order valence-corrected chi connectivity index (χ2v) is 12.3. The normalized spacial score (nSPS) is 20.7. The lowest BCUT2D eigenvalue weighted by Crippen LogP contribution is -2.59. The SMILES string of the molecule is Cc1c(C#N)c(Nc2ccc3[nH]c(=O)[nH]c3c2)nc2c1NCC=Nc1c(C#N)cnn1C1CCCC(C3CCCCC3)N1NN2C. The molecule has 0 bridgehead atoms. The van der Waals surface area contributed by atoms with E-state index in [0.29, 0.717) is 63.5 Å². The number of hydrazine groups is 2. The van der Waals surface area contributed by atoms with Crippen LogP contribution in [0.4, 0.5) is 28.8 Å². The zero-order valence-electron chi connectivity index (χ0n) is 26.0. The molecule has 1 saturated heterocycles. The number of aromatic nitrogens is 5. The van der Waals surface area contributed by atoms with E-state index >= 15 is 0 Å². The molecule has 236 valence electrons. The van der Waals surface area contributed by atoms with E-state index < -0.39 is 0 Å². The van der Waals surface area contributed by atoms with E-state index in [2.05, 4.69) is 48.4 Å². The number of H-pyrrole nitrogens is 2. The molecule has 0 amide bonds. The van der Waals surface area contributed by atoms with E-state index in [1.54, 1.807) is 18.5 Å². The Hall–Kier alpha value is -5.18. The molecule has 46 heavy (non-hydrogen) atoms. The van der Waals surface area contributed by atoms with Crippen LogP contribution in [0.2, 0.25) is 0 Å². The van der Waals surface area contributed by atoms with Gasteiger partial charge in [0.25, 0.3) is 0 Å². The minimum Gasteiger partial charge on any atom is -0.377 e. The predicted molar refractivity (Wildman–Crippen MR) is 176 cm³/mol. The fraction of sp³-hybridized carbons (Fsp3) is 0.438. The van der Waals surface area contributed by atoms with Crippen molar-refractivity contribution in [1.29, 1.82) is 10.5 Å². The van der Waals surface area contributed by atoms with Crippen molar-refractivity contribution in [2.45, 2.75) is 70.5 Å². The van der Waals surface area contributed by atoms with Gasteiger partial charge in [-0.2, -0.15) is 26.2 Å². The molecule has 2 atom stereocenters. The van der Waals surface area contributed by atoms with Crippen molar-refractivity contribution in [3.05, 3.63) is 51.6 Å². The molecule has 4 aromatic rings. The third kappa shape index (κ3) is 5.36. The van der Waals surface area contributed by atoms with Crippen LogP contribution in [0.5, 0.6) is 0 Å². The van der Waals surface area contributed by atoms with Crippen LogP contribution in [0.25, 0.3) is 11.0 Å². The van der Waals surface area contributed by atoms with E-state index in [9.17, 15) is 15.3 Å². The highest BCUT2D eigenvalue weighted by Crippen LogP contribution is 2.41. The van der Waals surface area contributed by atoms with Gasteiger partial charge in [-0.1, -0.05) is 19.3 Å². The summed E-state index contributed by atoms with van der Waals surface area (Å²) in [5.41, 5.74) is 7.71. The summed E-state index contributed by atoms with van der Waals surface area (Å²) in [6.45, 7) is 2.24. The summed E-state index contributed by atoms with van der Waals surface area (Å²) in [6, 6.07) is 10.3. The maximum absolute atomic E-state index is 11.8. The molecule has 3 aromatic heterocycles. The number of nitriles is 2. The number of pyridine rings is 1. The van der Waals surface area contributed by atoms with Crippen LogP contribution in [0, 0.1) is 35.5 Å². The lowest BCUT2D eigenvalue weighted by atomic mass is 9.80. The van der Waals surface area contributed by atoms with Crippen LogP contribution in [0.3, 0.4) is 0 Å². The van der Waals surface area contributed by atoms with E-state index in [-0.39, 0.29) is 17.9 Å². The number of nitrogens with zero attached hydrogens (tertiary/aromatic N) is 8. The summed E-state index contributed by atoms with van der Waals surface area (Å²) in [7, 11) is 1.94.